The summed E-state index contributed by atoms with van der Waals surface area (Å²) in [7, 11) is 0. The molecule has 0 aliphatic heterocycles. The van der Waals surface area contributed by atoms with E-state index in [1.54, 1.807) is 6.20 Å². The highest BCUT2D eigenvalue weighted by Crippen LogP contribution is 2.22. The largest absolute Gasteiger partial charge is 0.477 e. The van der Waals surface area contributed by atoms with Crippen LogP contribution in [0.15, 0.2) is 28.9 Å². The lowest BCUT2D eigenvalue weighted by Crippen LogP contribution is -2.12. The summed E-state index contributed by atoms with van der Waals surface area (Å²) in [5.41, 5.74) is 1.88. The van der Waals surface area contributed by atoms with E-state index in [1.165, 1.54) is 0 Å². The van der Waals surface area contributed by atoms with E-state index in [1.807, 2.05) is 18.2 Å². The second-order valence-electron chi connectivity index (χ2n) is 3.41. The summed E-state index contributed by atoms with van der Waals surface area (Å²) in [6.45, 7) is 0. The Morgan fingerprint density at radius 3 is 2.94 bits per heavy atom. The van der Waals surface area contributed by atoms with Crippen molar-refractivity contribution in [2.45, 2.75) is 6.42 Å². The second kappa shape index (κ2) is 4.35. The van der Waals surface area contributed by atoms with Crippen LogP contribution < -0.4 is 0 Å². The Morgan fingerprint density at radius 1 is 1.50 bits per heavy atom. The van der Waals surface area contributed by atoms with Gasteiger partial charge >= 0.3 is 5.97 Å². The molecule has 1 aromatic carbocycles. The predicted molar refractivity (Wildman–Crippen MR) is 69.9 cm³/mol. The maximum Gasteiger partial charge on any atom is 0.342 e. The summed E-state index contributed by atoms with van der Waals surface area (Å²) >= 11 is 8.17. The van der Waals surface area contributed by atoms with Gasteiger partial charge in [-0.2, -0.15) is 0 Å². The van der Waals surface area contributed by atoms with Crippen LogP contribution in [0.5, 0.6) is 0 Å². The van der Waals surface area contributed by atoms with Gasteiger partial charge in [-0.1, -0.05) is 34.2 Å². The van der Waals surface area contributed by atoms with Crippen molar-refractivity contribution in [3.8, 4) is 0 Å². The van der Waals surface area contributed by atoms with Crippen LogP contribution in [0.1, 0.15) is 5.56 Å². The van der Waals surface area contributed by atoms with Crippen LogP contribution in [-0.2, 0) is 11.2 Å². The summed E-state index contributed by atoms with van der Waals surface area (Å²) < 4.78 is 0.981. The Hall–Kier alpha value is -1.20. The fourth-order valence-corrected chi connectivity index (χ4v) is 2.07. The molecule has 5 heteroatoms. The number of H-pyrrole nitrogens is 1. The number of carboxylic acid groups (broad SMARTS) is 1. The van der Waals surface area contributed by atoms with E-state index in [-0.39, 0.29) is 11.3 Å². The van der Waals surface area contributed by atoms with Crippen LogP contribution in [0, 0.1) is 0 Å². The summed E-state index contributed by atoms with van der Waals surface area (Å²) in [5, 5.41) is 9.74. The number of aromatic nitrogens is 1. The molecule has 0 fully saturated rings. The minimum Gasteiger partial charge on any atom is -0.477 e. The van der Waals surface area contributed by atoms with Crippen molar-refractivity contribution < 1.29 is 9.90 Å². The molecule has 1 aromatic heterocycles. The Kier molecular flexibility index (Phi) is 3.07. The molecule has 0 spiro atoms. The lowest BCUT2D eigenvalue weighted by molar-refractivity contribution is -0.129. The third-order valence-electron chi connectivity index (χ3n) is 2.32. The van der Waals surface area contributed by atoms with E-state index in [9.17, 15) is 4.79 Å². The van der Waals surface area contributed by atoms with Crippen molar-refractivity contribution in [2.24, 2.45) is 0 Å². The van der Waals surface area contributed by atoms with E-state index in [0.717, 1.165) is 20.9 Å². The number of halogens is 1. The normalized spacial score (nSPS) is 10.6. The zero-order valence-electron chi connectivity index (χ0n) is 8.16. The van der Waals surface area contributed by atoms with Crippen molar-refractivity contribution in [1.82, 2.24) is 4.98 Å². The van der Waals surface area contributed by atoms with Crippen molar-refractivity contribution in [1.29, 1.82) is 0 Å². The van der Waals surface area contributed by atoms with Gasteiger partial charge in [0.05, 0.1) is 0 Å². The Balaban J connectivity index is 2.39. The first-order valence-electron chi connectivity index (χ1n) is 4.59. The van der Waals surface area contributed by atoms with E-state index in [2.05, 4.69) is 20.9 Å². The van der Waals surface area contributed by atoms with E-state index in [4.69, 9.17) is 17.3 Å². The molecule has 2 rings (SSSR count). The molecular formula is C11H8BrNO2S. The third kappa shape index (κ3) is 2.15. The first-order chi connectivity index (χ1) is 7.58. The average Bonchev–Trinajstić information content (AvgIpc) is 2.60. The van der Waals surface area contributed by atoms with Crippen LogP contribution in [0.2, 0.25) is 0 Å². The number of thiocarbonyl (C=S) groups is 1. The van der Waals surface area contributed by atoms with E-state index >= 15 is 0 Å². The van der Waals surface area contributed by atoms with Crippen LogP contribution >= 0.6 is 28.1 Å². The summed E-state index contributed by atoms with van der Waals surface area (Å²) in [5.74, 6) is -1.03. The Bertz CT molecular complexity index is 576. The predicted octanol–water partition coefficient (Wildman–Crippen LogP) is 2.93. The zero-order valence-corrected chi connectivity index (χ0v) is 10.6. The fraction of sp³-hybridized carbons (Fsp3) is 0.0909. The van der Waals surface area contributed by atoms with E-state index < -0.39 is 5.97 Å². The SMILES string of the molecule is O=C(O)C(=S)Cc1c[nH]c2cc(Br)ccc12. The number of hydrogen-bond donors (Lipinski definition) is 2. The molecule has 2 N–H and O–H groups in total. The van der Waals surface area contributed by atoms with Gasteiger partial charge in [-0.05, 0) is 17.7 Å². The van der Waals surface area contributed by atoms with Crippen molar-refractivity contribution in [2.75, 3.05) is 0 Å². The topological polar surface area (TPSA) is 53.1 Å². The molecule has 82 valence electrons. The van der Waals surface area contributed by atoms with Gasteiger partial charge in [0, 0.05) is 28.0 Å². The minimum atomic E-state index is -1.03. The lowest BCUT2D eigenvalue weighted by Gasteiger charge is -1.98. The maximum atomic E-state index is 10.7. The molecule has 0 radical (unpaired) electrons. The summed E-state index contributed by atoms with van der Waals surface area (Å²) in [4.78, 5) is 13.8. The van der Waals surface area contributed by atoms with Crippen molar-refractivity contribution >= 4 is 49.9 Å². The maximum absolute atomic E-state index is 10.7. The smallest absolute Gasteiger partial charge is 0.342 e. The highest BCUT2D eigenvalue weighted by molar-refractivity contribution is 9.10. The first-order valence-corrected chi connectivity index (χ1v) is 5.79. The van der Waals surface area contributed by atoms with Crippen molar-refractivity contribution in [3.63, 3.8) is 0 Å². The van der Waals surface area contributed by atoms with Crippen LogP contribution in [0.4, 0.5) is 0 Å². The van der Waals surface area contributed by atoms with Crippen LogP contribution in [-0.4, -0.2) is 20.9 Å². The van der Waals surface area contributed by atoms with Crippen LogP contribution in [0.3, 0.4) is 0 Å². The fourth-order valence-electron chi connectivity index (χ4n) is 1.55. The van der Waals surface area contributed by atoms with Gasteiger partial charge in [-0.15, -0.1) is 0 Å². The van der Waals surface area contributed by atoms with Gasteiger partial charge < -0.3 is 10.1 Å². The number of fused-ring (bicyclic) bond motifs is 1. The highest BCUT2D eigenvalue weighted by atomic mass is 79.9. The number of aliphatic carboxylic acids is 1. The average molecular weight is 298 g/mol. The molecule has 3 nitrogen and oxygen atoms in total. The molecule has 0 amide bonds. The molecule has 0 saturated heterocycles. The molecule has 0 atom stereocenters. The number of benzene rings is 1. The third-order valence-corrected chi connectivity index (χ3v) is 3.13. The molecule has 1 heterocycles. The first kappa shape index (κ1) is 11.3. The monoisotopic (exact) mass is 297 g/mol. The Labute approximate surface area is 106 Å². The van der Waals surface area contributed by atoms with Gasteiger partial charge in [-0.3, -0.25) is 0 Å². The second-order valence-corrected chi connectivity index (χ2v) is 4.82. The zero-order chi connectivity index (χ0) is 11.7. The minimum absolute atomic E-state index is 0.0313. The number of hydrogen-bond acceptors (Lipinski definition) is 2. The van der Waals surface area contributed by atoms with Crippen molar-refractivity contribution in [3.05, 3.63) is 34.4 Å². The standard InChI is InChI=1S/C11H8BrNO2S/c12-7-1-2-8-6(3-10(16)11(14)15)5-13-9(8)4-7/h1-2,4-5,13H,3H2,(H,14,15). The van der Waals surface area contributed by atoms with E-state index in [0.29, 0.717) is 0 Å². The summed E-state index contributed by atoms with van der Waals surface area (Å²) in [6, 6.07) is 5.81. The molecule has 16 heavy (non-hydrogen) atoms. The highest BCUT2D eigenvalue weighted by Gasteiger charge is 2.11. The molecule has 0 aliphatic carbocycles. The number of carboxylic acids is 1. The lowest BCUT2D eigenvalue weighted by atomic mass is 10.1. The molecular weight excluding hydrogens is 290 g/mol. The number of nitrogens with one attached hydrogen (secondary N) is 1. The van der Waals surface area contributed by atoms with Gasteiger partial charge in [0.15, 0.2) is 0 Å². The summed E-state index contributed by atoms with van der Waals surface area (Å²) in [6.07, 6.45) is 2.08. The van der Waals surface area contributed by atoms with Crippen LogP contribution in [0.25, 0.3) is 10.9 Å². The molecule has 2 aromatic rings. The molecule has 0 aliphatic rings. The molecule has 0 unspecified atom stereocenters. The van der Waals surface area contributed by atoms with Gasteiger partial charge in [-0.25, -0.2) is 4.79 Å². The number of aromatic amines is 1. The molecule has 0 saturated carbocycles. The van der Waals surface area contributed by atoms with Gasteiger partial charge in [0.25, 0.3) is 0 Å². The van der Waals surface area contributed by atoms with Gasteiger partial charge in [0.1, 0.15) is 4.86 Å². The number of carbonyl (C=O) groups is 1. The molecule has 0 bridgehead atoms. The number of rotatable bonds is 3. The Morgan fingerprint density at radius 2 is 2.25 bits per heavy atom. The van der Waals surface area contributed by atoms with Gasteiger partial charge in [0.2, 0.25) is 0 Å². The quantitative estimate of drug-likeness (QED) is 0.857.